The van der Waals surface area contributed by atoms with Crippen LogP contribution in [0.15, 0.2) is 0 Å². The monoisotopic (exact) mass is 323 g/mol. The van der Waals surface area contributed by atoms with Crippen molar-refractivity contribution in [2.45, 2.75) is 71.3 Å². The molecule has 0 aromatic carbocycles. The van der Waals surface area contributed by atoms with Crippen LogP contribution in [0.3, 0.4) is 0 Å². The van der Waals surface area contributed by atoms with Crippen molar-refractivity contribution in [3.63, 3.8) is 0 Å². The number of rotatable bonds is 1. The quantitative estimate of drug-likeness (QED) is 0.799. The molecular weight excluding hydrogens is 294 g/mol. The van der Waals surface area contributed by atoms with Gasteiger partial charge in [0.15, 0.2) is 0 Å². The minimum atomic E-state index is -0.610. The second-order valence-corrected chi connectivity index (χ2v) is 8.92. The molecule has 0 aromatic rings. The molecule has 1 heterocycles. The number of hydrogen-bond acceptors (Lipinski definition) is 3. The molecule has 1 aliphatic heterocycles. The molecule has 5 nitrogen and oxygen atoms in total. The van der Waals surface area contributed by atoms with Crippen molar-refractivity contribution in [2.75, 3.05) is 13.1 Å². The Morgan fingerprint density at radius 3 is 2.04 bits per heavy atom. The molecule has 3 aliphatic rings. The fourth-order valence-electron chi connectivity index (χ4n) is 4.52. The Hall–Kier alpha value is -1.26. The van der Waals surface area contributed by atoms with Crippen LogP contribution in [-0.4, -0.2) is 40.8 Å². The van der Waals surface area contributed by atoms with Crippen LogP contribution in [0.1, 0.15) is 65.7 Å². The standard InChI is InChI=1S/C18H29NO4/c1-16(2,3)23-15(22)19-10-8-17(9-11-19)4-6-18(7-5-17)12-13(18)14(20)21/h13H,4-12H2,1-3H3,(H,20,21). The van der Waals surface area contributed by atoms with E-state index in [1.54, 1.807) is 0 Å². The average Bonchev–Trinajstić information content (AvgIpc) is 3.17. The summed E-state index contributed by atoms with van der Waals surface area (Å²) < 4.78 is 5.46. The van der Waals surface area contributed by atoms with Crippen molar-refractivity contribution < 1.29 is 19.4 Å². The number of hydrogen-bond donors (Lipinski definition) is 1. The predicted octanol–water partition coefficient (Wildman–Crippen LogP) is 3.67. The first kappa shape index (κ1) is 16.6. The largest absolute Gasteiger partial charge is 0.481 e. The van der Waals surface area contributed by atoms with Gasteiger partial charge in [-0.3, -0.25) is 4.79 Å². The smallest absolute Gasteiger partial charge is 0.410 e. The first-order chi connectivity index (χ1) is 10.6. The van der Waals surface area contributed by atoms with Gasteiger partial charge < -0.3 is 14.7 Å². The molecule has 1 saturated heterocycles. The van der Waals surface area contributed by atoms with Gasteiger partial charge in [0.05, 0.1) is 5.92 Å². The van der Waals surface area contributed by atoms with Crippen molar-refractivity contribution >= 4 is 12.1 Å². The maximum absolute atomic E-state index is 12.2. The number of carboxylic acid groups (broad SMARTS) is 1. The molecule has 5 heteroatoms. The molecule has 0 bridgehead atoms. The summed E-state index contributed by atoms with van der Waals surface area (Å²) in [6.07, 6.45) is 7.08. The number of likely N-dealkylation sites (tertiary alicyclic amines) is 1. The molecule has 3 fully saturated rings. The van der Waals surface area contributed by atoms with Crippen LogP contribution in [-0.2, 0) is 9.53 Å². The fraction of sp³-hybridized carbons (Fsp3) is 0.889. The number of carbonyl (C=O) groups excluding carboxylic acids is 1. The molecule has 2 saturated carbocycles. The maximum Gasteiger partial charge on any atom is 0.410 e. The summed E-state index contributed by atoms with van der Waals surface area (Å²) in [5.41, 5.74) is -0.00392. The highest BCUT2D eigenvalue weighted by Crippen LogP contribution is 2.65. The van der Waals surface area contributed by atoms with Crippen molar-refractivity contribution in [2.24, 2.45) is 16.7 Å². The molecule has 1 amide bonds. The molecule has 3 rings (SSSR count). The van der Waals surface area contributed by atoms with Crippen LogP contribution in [0.25, 0.3) is 0 Å². The summed E-state index contributed by atoms with van der Waals surface area (Å²) in [7, 11) is 0. The van der Waals surface area contributed by atoms with Gasteiger partial charge in [0.2, 0.25) is 0 Å². The molecule has 2 spiro atoms. The van der Waals surface area contributed by atoms with Gasteiger partial charge in [-0.15, -0.1) is 0 Å². The first-order valence-electron chi connectivity index (χ1n) is 8.86. The van der Waals surface area contributed by atoms with Crippen LogP contribution in [0, 0.1) is 16.7 Å². The molecule has 1 unspecified atom stereocenters. The van der Waals surface area contributed by atoms with E-state index in [4.69, 9.17) is 4.74 Å². The van der Waals surface area contributed by atoms with Gasteiger partial charge in [0.1, 0.15) is 5.60 Å². The minimum absolute atomic E-state index is 0.0956. The normalized spacial score (nSPS) is 28.7. The predicted molar refractivity (Wildman–Crippen MR) is 86.1 cm³/mol. The number of ether oxygens (including phenoxy) is 1. The summed E-state index contributed by atoms with van der Waals surface area (Å²) in [6.45, 7) is 7.22. The molecule has 0 radical (unpaired) electrons. The van der Waals surface area contributed by atoms with Gasteiger partial charge in [-0.1, -0.05) is 0 Å². The van der Waals surface area contributed by atoms with E-state index in [9.17, 15) is 14.7 Å². The third-order valence-electron chi connectivity index (χ3n) is 6.27. The number of carbonyl (C=O) groups is 2. The van der Waals surface area contributed by atoms with Gasteiger partial charge in [0.25, 0.3) is 0 Å². The SMILES string of the molecule is CC(C)(C)OC(=O)N1CCC2(CC1)CCC1(CC2)CC1C(=O)O. The average molecular weight is 323 g/mol. The van der Waals surface area contributed by atoms with Crippen molar-refractivity contribution in [3.05, 3.63) is 0 Å². The number of piperidine rings is 1. The van der Waals surface area contributed by atoms with Crippen LogP contribution in [0.2, 0.25) is 0 Å². The molecule has 23 heavy (non-hydrogen) atoms. The van der Waals surface area contributed by atoms with E-state index in [2.05, 4.69) is 0 Å². The molecule has 1 atom stereocenters. The van der Waals surface area contributed by atoms with Gasteiger partial charge in [-0.2, -0.15) is 0 Å². The summed E-state index contributed by atoms with van der Waals surface area (Å²) in [4.78, 5) is 25.2. The maximum atomic E-state index is 12.2. The lowest BCUT2D eigenvalue weighted by Gasteiger charge is -2.46. The summed E-state index contributed by atoms with van der Waals surface area (Å²) in [5, 5.41) is 9.20. The summed E-state index contributed by atoms with van der Waals surface area (Å²) in [5.74, 6) is -0.706. The van der Waals surface area contributed by atoms with Crippen LogP contribution in [0.4, 0.5) is 4.79 Å². The van der Waals surface area contributed by atoms with Gasteiger partial charge in [0, 0.05) is 13.1 Å². The van der Waals surface area contributed by atoms with Crippen LogP contribution < -0.4 is 0 Å². The second-order valence-electron chi connectivity index (χ2n) is 8.92. The Balaban J connectivity index is 1.50. The Labute approximate surface area is 138 Å². The Bertz CT molecular complexity index is 490. The van der Waals surface area contributed by atoms with Crippen molar-refractivity contribution in [1.82, 2.24) is 4.90 Å². The highest BCUT2D eigenvalue weighted by atomic mass is 16.6. The van der Waals surface area contributed by atoms with E-state index < -0.39 is 11.6 Å². The van der Waals surface area contributed by atoms with E-state index in [-0.39, 0.29) is 17.4 Å². The van der Waals surface area contributed by atoms with Gasteiger partial charge >= 0.3 is 12.1 Å². The van der Waals surface area contributed by atoms with Gasteiger partial charge in [-0.25, -0.2) is 4.79 Å². The lowest BCUT2D eigenvalue weighted by Crippen LogP contribution is -2.46. The Morgan fingerprint density at radius 1 is 1.04 bits per heavy atom. The van der Waals surface area contributed by atoms with Gasteiger partial charge in [-0.05, 0) is 76.5 Å². The minimum Gasteiger partial charge on any atom is -0.481 e. The Kier molecular flexibility index (Phi) is 3.88. The number of carboxylic acids is 1. The molecule has 2 aliphatic carbocycles. The zero-order chi connectivity index (χ0) is 16.9. The van der Waals surface area contributed by atoms with E-state index in [0.717, 1.165) is 58.0 Å². The third-order valence-corrected chi connectivity index (χ3v) is 6.27. The van der Waals surface area contributed by atoms with E-state index >= 15 is 0 Å². The zero-order valence-electron chi connectivity index (χ0n) is 14.6. The lowest BCUT2D eigenvalue weighted by atomic mass is 9.64. The van der Waals surface area contributed by atoms with Crippen molar-refractivity contribution in [3.8, 4) is 0 Å². The van der Waals surface area contributed by atoms with E-state index in [1.165, 1.54) is 0 Å². The van der Waals surface area contributed by atoms with Crippen LogP contribution >= 0.6 is 0 Å². The first-order valence-corrected chi connectivity index (χ1v) is 8.86. The fourth-order valence-corrected chi connectivity index (χ4v) is 4.52. The molecule has 130 valence electrons. The van der Waals surface area contributed by atoms with Crippen molar-refractivity contribution in [1.29, 1.82) is 0 Å². The molecule has 0 aromatic heterocycles. The molecular formula is C18H29NO4. The zero-order valence-corrected chi connectivity index (χ0v) is 14.6. The highest BCUT2D eigenvalue weighted by Gasteiger charge is 2.60. The number of amides is 1. The van der Waals surface area contributed by atoms with E-state index in [0.29, 0.717) is 5.41 Å². The number of nitrogens with zero attached hydrogens (tertiary/aromatic N) is 1. The number of aliphatic carboxylic acids is 1. The highest BCUT2D eigenvalue weighted by molar-refractivity contribution is 5.74. The molecule has 1 N–H and O–H groups in total. The third kappa shape index (κ3) is 3.33. The summed E-state index contributed by atoms with van der Waals surface area (Å²) >= 11 is 0. The lowest BCUT2D eigenvalue weighted by molar-refractivity contribution is -0.139. The summed E-state index contributed by atoms with van der Waals surface area (Å²) in [6, 6.07) is 0. The Morgan fingerprint density at radius 2 is 1.61 bits per heavy atom. The van der Waals surface area contributed by atoms with Crippen LogP contribution in [0.5, 0.6) is 0 Å². The van der Waals surface area contributed by atoms with E-state index in [1.807, 2.05) is 25.7 Å². The topological polar surface area (TPSA) is 66.8 Å². The second kappa shape index (κ2) is 5.38.